The zero-order valence-corrected chi connectivity index (χ0v) is 8.83. The van der Waals surface area contributed by atoms with E-state index in [2.05, 4.69) is 0 Å². The average Bonchev–Trinajstić information content (AvgIpc) is 2.11. The van der Waals surface area contributed by atoms with Gasteiger partial charge in [0, 0.05) is 11.1 Å². The molecule has 0 atom stereocenters. The highest BCUT2D eigenvalue weighted by molar-refractivity contribution is 6.35. The van der Waals surface area contributed by atoms with Crippen LogP contribution < -0.4 is 0 Å². The molecule has 0 aliphatic heterocycles. The first-order valence-electron chi connectivity index (χ1n) is 3.77. The van der Waals surface area contributed by atoms with Crippen molar-refractivity contribution in [3.8, 4) is 6.07 Å². The van der Waals surface area contributed by atoms with Gasteiger partial charge in [-0.1, -0.05) is 23.2 Å². The van der Waals surface area contributed by atoms with Crippen molar-refractivity contribution in [3.63, 3.8) is 0 Å². The number of nitriles is 1. The minimum absolute atomic E-state index is 0.0245. The second-order valence-electron chi connectivity index (χ2n) is 2.70. The van der Waals surface area contributed by atoms with Crippen LogP contribution in [0, 0.1) is 17.1 Å². The molecule has 1 aromatic carbocycles. The molecule has 1 rings (SSSR count). The summed E-state index contributed by atoms with van der Waals surface area (Å²) < 4.78 is 13.1. The van der Waals surface area contributed by atoms with Crippen molar-refractivity contribution in [2.75, 3.05) is 0 Å². The molecule has 0 aliphatic rings. The minimum atomic E-state index is -0.545. The van der Waals surface area contributed by atoms with Gasteiger partial charge in [0.25, 0.3) is 0 Å². The lowest BCUT2D eigenvalue weighted by Gasteiger charge is -2.04. The lowest BCUT2D eigenvalue weighted by atomic mass is 10.1. The molecule has 0 amide bonds. The van der Waals surface area contributed by atoms with Crippen LogP contribution in [-0.4, -0.2) is 0 Å². The monoisotopic (exact) mass is 229 g/mol. The summed E-state index contributed by atoms with van der Waals surface area (Å²) in [7, 11) is 0. The molecule has 0 heterocycles. The largest absolute Gasteiger partial charge is 0.205 e. The third-order valence-electron chi connectivity index (χ3n) is 1.72. The summed E-state index contributed by atoms with van der Waals surface area (Å²) in [5.74, 6) is -0.545. The van der Waals surface area contributed by atoms with Crippen LogP contribution in [0.25, 0.3) is 5.57 Å². The second kappa shape index (κ2) is 4.45. The van der Waals surface area contributed by atoms with E-state index in [1.54, 1.807) is 6.92 Å². The zero-order valence-electron chi connectivity index (χ0n) is 7.31. The molecule has 72 valence electrons. The molecular formula is C10H6Cl2FN. The highest BCUT2D eigenvalue weighted by Crippen LogP contribution is 2.28. The fourth-order valence-corrected chi connectivity index (χ4v) is 1.53. The van der Waals surface area contributed by atoms with Gasteiger partial charge in [0.1, 0.15) is 5.82 Å². The second-order valence-corrected chi connectivity index (χ2v) is 3.52. The lowest BCUT2D eigenvalue weighted by molar-refractivity contribution is 0.628. The average molecular weight is 230 g/mol. The normalized spacial score (nSPS) is 11.2. The van der Waals surface area contributed by atoms with Gasteiger partial charge < -0.3 is 0 Å². The molecule has 1 nitrogen and oxygen atoms in total. The zero-order chi connectivity index (χ0) is 10.7. The van der Waals surface area contributed by atoms with Crippen LogP contribution in [0.15, 0.2) is 18.2 Å². The van der Waals surface area contributed by atoms with E-state index < -0.39 is 5.82 Å². The summed E-state index contributed by atoms with van der Waals surface area (Å²) in [6, 6.07) is 4.39. The van der Waals surface area contributed by atoms with Gasteiger partial charge in [-0.3, -0.25) is 0 Å². The maximum atomic E-state index is 13.1. The summed E-state index contributed by atoms with van der Waals surface area (Å²) in [5.41, 5.74) is 1.09. The third-order valence-corrected chi connectivity index (χ3v) is 2.32. The van der Waals surface area contributed by atoms with Crippen LogP contribution in [0.3, 0.4) is 0 Å². The highest BCUT2D eigenvalue weighted by Gasteiger charge is 2.08. The number of rotatable bonds is 1. The van der Waals surface area contributed by atoms with Gasteiger partial charge in [-0.15, -0.1) is 0 Å². The Labute approximate surface area is 91.4 Å². The molecule has 0 spiro atoms. The Balaban J connectivity index is 3.31. The first-order chi connectivity index (χ1) is 6.56. The van der Waals surface area contributed by atoms with E-state index in [0.29, 0.717) is 16.2 Å². The lowest BCUT2D eigenvalue weighted by Crippen LogP contribution is -1.86. The Kier molecular flexibility index (Phi) is 3.51. The van der Waals surface area contributed by atoms with Crippen molar-refractivity contribution >= 4 is 28.8 Å². The summed E-state index contributed by atoms with van der Waals surface area (Å²) in [5, 5.41) is 8.73. The molecule has 0 unspecified atom stereocenters. The molecule has 0 fully saturated rings. The van der Waals surface area contributed by atoms with Crippen molar-refractivity contribution in [3.05, 3.63) is 39.6 Å². The van der Waals surface area contributed by atoms with Crippen LogP contribution in [0.2, 0.25) is 10.0 Å². The molecule has 0 aromatic heterocycles. The van der Waals surface area contributed by atoms with Crippen LogP contribution in [-0.2, 0) is 0 Å². The van der Waals surface area contributed by atoms with Crippen LogP contribution in [0.5, 0.6) is 0 Å². The molecule has 4 heteroatoms. The van der Waals surface area contributed by atoms with E-state index in [1.807, 2.05) is 6.07 Å². The fourth-order valence-electron chi connectivity index (χ4n) is 0.999. The SMILES string of the molecule is CC(=CC#N)c1cc(F)c(Cl)cc1Cl. The Hall–Kier alpha value is -1.04. The molecule has 0 radical (unpaired) electrons. The molecule has 0 aliphatic carbocycles. The quantitative estimate of drug-likeness (QED) is 0.527. The van der Waals surface area contributed by atoms with Crippen molar-refractivity contribution in [1.82, 2.24) is 0 Å². The molecule has 0 N–H and O–H groups in total. The van der Waals surface area contributed by atoms with Gasteiger partial charge in [0.05, 0.1) is 11.1 Å². The number of hydrogen-bond acceptors (Lipinski definition) is 1. The molecule has 1 aromatic rings. The Bertz CT molecular complexity index is 432. The summed E-state index contributed by atoms with van der Waals surface area (Å²) in [4.78, 5) is 0. The first-order valence-corrected chi connectivity index (χ1v) is 4.53. The van der Waals surface area contributed by atoms with E-state index >= 15 is 0 Å². The number of benzene rings is 1. The van der Waals surface area contributed by atoms with Crippen LogP contribution in [0.4, 0.5) is 4.39 Å². The summed E-state index contributed by atoms with van der Waals surface area (Å²) in [6.07, 6.45) is 1.30. The Morgan fingerprint density at radius 2 is 2.07 bits per heavy atom. The van der Waals surface area contributed by atoms with Gasteiger partial charge in [-0.05, 0) is 30.2 Å². The topological polar surface area (TPSA) is 23.8 Å². The number of allylic oxidation sites excluding steroid dienone is 2. The van der Waals surface area contributed by atoms with Crippen molar-refractivity contribution < 1.29 is 4.39 Å². The van der Waals surface area contributed by atoms with E-state index in [0.717, 1.165) is 0 Å². The Morgan fingerprint density at radius 3 is 2.64 bits per heavy atom. The summed E-state index contributed by atoms with van der Waals surface area (Å²) >= 11 is 11.4. The first kappa shape index (κ1) is 11.0. The van der Waals surface area contributed by atoms with Gasteiger partial charge in [-0.2, -0.15) is 5.26 Å². The predicted octanol–water partition coefficient (Wildman–Crippen LogP) is 4.06. The fraction of sp³-hybridized carbons (Fsp3) is 0.100. The molecular weight excluding hydrogens is 224 g/mol. The van der Waals surface area contributed by atoms with Crippen LogP contribution in [0.1, 0.15) is 12.5 Å². The van der Waals surface area contributed by atoms with Gasteiger partial charge in [0.15, 0.2) is 0 Å². The van der Waals surface area contributed by atoms with Crippen molar-refractivity contribution in [2.45, 2.75) is 6.92 Å². The number of halogens is 3. The maximum Gasteiger partial charge on any atom is 0.142 e. The molecule has 0 saturated heterocycles. The number of hydrogen-bond donors (Lipinski definition) is 0. The predicted molar refractivity (Wildman–Crippen MR) is 55.7 cm³/mol. The molecule has 0 bridgehead atoms. The van der Waals surface area contributed by atoms with Crippen molar-refractivity contribution in [1.29, 1.82) is 5.26 Å². The maximum absolute atomic E-state index is 13.1. The summed E-state index contributed by atoms with van der Waals surface area (Å²) in [6.45, 7) is 1.68. The van der Waals surface area contributed by atoms with Gasteiger partial charge >= 0.3 is 0 Å². The van der Waals surface area contributed by atoms with E-state index in [9.17, 15) is 4.39 Å². The minimum Gasteiger partial charge on any atom is -0.205 e. The van der Waals surface area contributed by atoms with E-state index in [1.165, 1.54) is 18.2 Å². The number of nitrogens with zero attached hydrogens (tertiary/aromatic N) is 1. The van der Waals surface area contributed by atoms with Gasteiger partial charge in [0.2, 0.25) is 0 Å². The smallest absolute Gasteiger partial charge is 0.142 e. The van der Waals surface area contributed by atoms with Crippen LogP contribution >= 0.6 is 23.2 Å². The van der Waals surface area contributed by atoms with E-state index in [4.69, 9.17) is 28.5 Å². The Morgan fingerprint density at radius 1 is 1.43 bits per heavy atom. The highest BCUT2D eigenvalue weighted by atomic mass is 35.5. The van der Waals surface area contributed by atoms with Crippen molar-refractivity contribution in [2.24, 2.45) is 0 Å². The molecule has 0 saturated carbocycles. The van der Waals surface area contributed by atoms with Gasteiger partial charge in [-0.25, -0.2) is 4.39 Å². The molecule has 14 heavy (non-hydrogen) atoms. The standard InChI is InChI=1S/C10H6Cl2FN/c1-6(2-3-14)7-4-10(13)9(12)5-8(7)11/h2,4-5H,1H3. The third kappa shape index (κ3) is 2.25. The van der Waals surface area contributed by atoms with E-state index in [-0.39, 0.29) is 5.02 Å².